The third-order valence-electron chi connectivity index (χ3n) is 2.74. The molecule has 0 saturated heterocycles. The summed E-state index contributed by atoms with van der Waals surface area (Å²) in [7, 11) is 1.55. The monoisotopic (exact) mass is 244 g/mol. The van der Waals surface area contributed by atoms with Gasteiger partial charge in [-0.05, 0) is 18.1 Å². The number of methoxy groups -OCH3 is 1. The molecule has 0 spiro atoms. The van der Waals surface area contributed by atoms with Gasteiger partial charge in [0.1, 0.15) is 6.33 Å². The Balaban J connectivity index is 2.16. The van der Waals surface area contributed by atoms with Crippen LogP contribution in [0.2, 0.25) is 0 Å². The Morgan fingerprint density at radius 1 is 1.28 bits per heavy atom. The zero-order valence-corrected chi connectivity index (χ0v) is 10.5. The van der Waals surface area contributed by atoms with E-state index in [9.17, 15) is 0 Å². The number of nitrogens with zero attached hydrogens (tertiary/aromatic N) is 2. The summed E-state index contributed by atoms with van der Waals surface area (Å²) in [5, 5.41) is 3.21. The molecule has 1 heterocycles. The molecular formula is C13H16N4O. The van der Waals surface area contributed by atoms with Gasteiger partial charge in [-0.2, -0.15) is 0 Å². The van der Waals surface area contributed by atoms with Gasteiger partial charge in [0, 0.05) is 6.54 Å². The van der Waals surface area contributed by atoms with Crippen LogP contribution in [0.1, 0.15) is 11.1 Å². The third-order valence-corrected chi connectivity index (χ3v) is 2.74. The number of aromatic nitrogens is 2. The van der Waals surface area contributed by atoms with Crippen LogP contribution in [-0.2, 0) is 6.54 Å². The fraction of sp³-hybridized carbons (Fsp3) is 0.231. The first-order valence-corrected chi connectivity index (χ1v) is 5.65. The Bertz CT molecular complexity index is 542. The standard InChI is InChI=1S/C13H16N4O/c1-9-5-3-4-6-10(9)7-15-13-11(18-2)12(14)16-8-17-13/h3-6,8H,7H2,1-2H3,(H3,14,15,16,17). The van der Waals surface area contributed by atoms with Gasteiger partial charge in [-0.15, -0.1) is 0 Å². The molecule has 0 fully saturated rings. The molecule has 0 atom stereocenters. The highest BCUT2D eigenvalue weighted by Crippen LogP contribution is 2.26. The number of nitrogens with one attached hydrogen (secondary N) is 1. The second-order valence-electron chi connectivity index (χ2n) is 3.92. The van der Waals surface area contributed by atoms with E-state index < -0.39 is 0 Å². The van der Waals surface area contributed by atoms with E-state index >= 15 is 0 Å². The number of ether oxygens (including phenoxy) is 1. The first kappa shape index (κ1) is 12.2. The molecule has 0 aliphatic carbocycles. The summed E-state index contributed by atoms with van der Waals surface area (Å²) in [4.78, 5) is 8.01. The molecule has 0 saturated carbocycles. The number of anilines is 2. The van der Waals surface area contributed by atoms with Crippen molar-refractivity contribution in [1.29, 1.82) is 0 Å². The van der Waals surface area contributed by atoms with Crippen LogP contribution in [0.25, 0.3) is 0 Å². The minimum atomic E-state index is 0.333. The predicted octanol–water partition coefficient (Wildman–Crippen LogP) is 1.99. The summed E-state index contributed by atoms with van der Waals surface area (Å²) < 4.78 is 5.18. The summed E-state index contributed by atoms with van der Waals surface area (Å²) in [5.74, 6) is 1.42. The van der Waals surface area contributed by atoms with E-state index in [1.807, 2.05) is 12.1 Å². The van der Waals surface area contributed by atoms with Crippen LogP contribution >= 0.6 is 0 Å². The number of nitrogen functional groups attached to an aromatic ring is 1. The molecule has 0 radical (unpaired) electrons. The van der Waals surface area contributed by atoms with Crippen molar-refractivity contribution in [2.75, 3.05) is 18.2 Å². The van der Waals surface area contributed by atoms with Crippen LogP contribution in [0.15, 0.2) is 30.6 Å². The Kier molecular flexibility index (Phi) is 3.62. The van der Waals surface area contributed by atoms with Gasteiger partial charge in [0.25, 0.3) is 0 Å². The van der Waals surface area contributed by atoms with Crippen LogP contribution < -0.4 is 15.8 Å². The summed E-state index contributed by atoms with van der Waals surface area (Å²) in [6, 6.07) is 8.17. The molecule has 3 N–H and O–H groups in total. The highest BCUT2D eigenvalue weighted by Gasteiger charge is 2.09. The fourth-order valence-corrected chi connectivity index (χ4v) is 1.70. The maximum absolute atomic E-state index is 5.71. The van der Waals surface area contributed by atoms with Crippen molar-refractivity contribution in [2.45, 2.75) is 13.5 Å². The number of nitrogens with two attached hydrogens (primary N) is 1. The summed E-state index contributed by atoms with van der Waals surface area (Å²) in [6.45, 7) is 2.74. The molecule has 0 amide bonds. The first-order chi connectivity index (χ1) is 8.72. The van der Waals surface area contributed by atoms with Crippen molar-refractivity contribution in [1.82, 2.24) is 9.97 Å². The predicted molar refractivity (Wildman–Crippen MR) is 71.5 cm³/mol. The molecule has 1 aromatic carbocycles. The lowest BCUT2D eigenvalue weighted by molar-refractivity contribution is 0.415. The maximum atomic E-state index is 5.71. The van der Waals surface area contributed by atoms with E-state index in [-0.39, 0.29) is 0 Å². The molecule has 1 aromatic heterocycles. The van der Waals surface area contributed by atoms with Crippen LogP contribution in [-0.4, -0.2) is 17.1 Å². The molecule has 5 heteroatoms. The van der Waals surface area contributed by atoms with Crippen molar-refractivity contribution in [3.63, 3.8) is 0 Å². The Morgan fingerprint density at radius 2 is 2.06 bits per heavy atom. The van der Waals surface area contributed by atoms with Crippen LogP contribution in [0.3, 0.4) is 0 Å². The number of rotatable bonds is 4. The number of hydrogen-bond donors (Lipinski definition) is 2. The largest absolute Gasteiger partial charge is 0.490 e. The van der Waals surface area contributed by atoms with Crippen molar-refractivity contribution in [3.8, 4) is 5.75 Å². The molecule has 0 aliphatic heterocycles. The van der Waals surface area contributed by atoms with Gasteiger partial charge in [-0.3, -0.25) is 0 Å². The van der Waals surface area contributed by atoms with E-state index in [1.54, 1.807) is 7.11 Å². The van der Waals surface area contributed by atoms with Crippen molar-refractivity contribution >= 4 is 11.6 Å². The molecule has 0 unspecified atom stereocenters. The van der Waals surface area contributed by atoms with Crippen molar-refractivity contribution in [2.24, 2.45) is 0 Å². The van der Waals surface area contributed by atoms with Gasteiger partial charge in [-0.1, -0.05) is 24.3 Å². The molecule has 2 rings (SSSR count). The summed E-state index contributed by atoms with van der Waals surface area (Å²) in [6.07, 6.45) is 1.41. The molecule has 0 bridgehead atoms. The average Bonchev–Trinajstić information content (AvgIpc) is 2.38. The summed E-state index contributed by atoms with van der Waals surface area (Å²) >= 11 is 0. The lowest BCUT2D eigenvalue weighted by Gasteiger charge is -2.12. The van der Waals surface area contributed by atoms with Crippen molar-refractivity contribution < 1.29 is 4.74 Å². The van der Waals surface area contributed by atoms with Gasteiger partial charge in [0.15, 0.2) is 11.6 Å². The number of hydrogen-bond acceptors (Lipinski definition) is 5. The highest BCUT2D eigenvalue weighted by molar-refractivity contribution is 5.61. The molecule has 5 nitrogen and oxygen atoms in total. The van der Waals surface area contributed by atoms with E-state index in [2.05, 4.69) is 34.3 Å². The SMILES string of the molecule is COc1c(N)ncnc1NCc1ccccc1C. The van der Waals surface area contributed by atoms with Gasteiger partial charge >= 0.3 is 0 Å². The zero-order valence-electron chi connectivity index (χ0n) is 10.5. The van der Waals surface area contributed by atoms with Crippen LogP contribution in [0.5, 0.6) is 5.75 Å². The highest BCUT2D eigenvalue weighted by atomic mass is 16.5. The zero-order chi connectivity index (χ0) is 13.0. The minimum absolute atomic E-state index is 0.333. The average molecular weight is 244 g/mol. The van der Waals surface area contributed by atoms with E-state index in [0.717, 1.165) is 0 Å². The van der Waals surface area contributed by atoms with Gasteiger partial charge in [0.2, 0.25) is 5.75 Å². The van der Waals surface area contributed by atoms with Gasteiger partial charge in [-0.25, -0.2) is 9.97 Å². The topological polar surface area (TPSA) is 73.1 Å². The molecule has 18 heavy (non-hydrogen) atoms. The number of aryl methyl sites for hydroxylation is 1. The van der Waals surface area contributed by atoms with Crippen LogP contribution in [0.4, 0.5) is 11.6 Å². The normalized spacial score (nSPS) is 10.1. The second-order valence-corrected chi connectivity index (χ2v) is 3.92. The molecule has 0 aliphatic rings. The van der Waals surface area contributed by atoms with E-state index in [4.69, 9.17) is 10.5 Å². The minimum Gasteiger partial charge on any atom is -0.490 e. The smallest absolute Gasteiger partial charge is 0.203 e. The molecular weight excluding hydrogens is 228 g/mol. The Morgan fingerprint density at radius 3 is 2.78 bits per heavy atom. The fourth-order valence-electron chi connectivity index (χ4n) is 1.70. The molecule has 94 valence electrons. The third kappa shape index (κ3) is 2.51. The lowest BCUT2D eigenvalue weighted by Crippen LogP contribution is -2.07. The lowest BCUT2D eigenvalue weighted by atomic mass is 10.1. The Hall–Kier alpha value is -2.30. The number of benzene rings is 1. The quantitative estimate of drug-likeness (QED) is 0.860. The molecule has 2 aromatic rings. The summed E-state index contributed by atoms with van der Waals surface area (Å²) in [5.41, 5.74) is 8.15. The van der Waals surface area contributed by atoms with E-state index in [1.165, 1.54) is 17.5 Å². The van der Waals surface area contributed by atoms with Gasteiger partial charge in [0.05, 0.1) is 7.11 Å². The Labute approximate surface area is 106 Å². The van der Waals surface area contributed by atoms with Crippen LogP contribution in [0, 0.1) is 6.92 Å². The first-order valence-electron chi connectivity index (χ1n) is 5.65. The second kappa shape index (κ2) is 5.35. The van der Waals surface area contributed by atoms with Crippen molar-refractivity contribution in [3.05, 3.63) is 41.7 Å². The maximum Gasteiger partial charge on any atom is 0.203 e. The van der Waals surface area contributed by atoms with E-state index in [0.29, 0.717) is 23.9 Å². The van der Waals surface area contributed by atoms with Gasteiger partial charge < -0.3 is 15.8 Å².